The van der Waals surface area contributed by atoms with E-state index in [0.29, 0.717) is 24.7 Å². The van der Waals surface area contributed by atoms with E-state index in [0.717, 1.165) is 29.4 Å². The number of fused-ring (bicyclic) bond motifs is 1. The van der Waals surface area contributed by atoms with E-state index >= 15 is 0 Å². The molecule has 6 nitrogen and oxygen atoms in total. The molecule has 1 amide bonds. The minimum atomic E-state index is 0.0183. The average molecular weight is 384 g/mol. The summed E-state index contributed by atoms with van der Waals surface area (Å²) in [4.78, 5) is 21.8. The predicted molar refractivity (Wildman–Crippen MR) is 110 cm³/mol. The van der Waals surface area contributed by atoms with Crippen LogP contribution in [0.3, 0.4) is 0 Å². The number of para-hydroxylation sites is 1. The van der Waals surface area contributed by atoms with Crippen molar-refractivity contribution in [3.63, 3.8) is 0 Å². The van der Waals surface area contributed by atoms with Crippen molar-refractivity contribution in [2.75, 3.05) is 31.1 Å². The molecule has 0 bridgehead atoms. The van der Waals surface area contributed by atoms with Crippen LogP contribution >= 0.6 is 11.3 Å². The molecular weight excluding hydrogens is 358 g/mol. The van der Waals surface area contributed by atoms with Gasteiger partial charge in [0.25, 0.3) is 5.91 Å². The van der Waals surface area contributed by atoms with E-state index in [1.807, 2.05) is 24.9 Å². The van der Waals surface area contributed by atoms with Crippen molar-refractivity contribution in [2.24, 2.45) is 7.05 Å². The Morgan fingerprint density at radius 3 is 2.56 bits per heavy atom. The van der Waals surface area contributed by atoms with Crippen LogP contribution in [0.4, 0.5) is 5.13 Å². The Kier molecular flexibility index (Phi) is 4.63. The molecule has 0 saturated carbocycles. The lowest BCUT2D eigenvalue weighted by molar-refractivity contribution is 0.0740. The number of anilines is 1. The number of benzene rings is 1. The molecule has 3 aromatic rings. The van der Waals surface area contributed by atoms with Crippen LogP contribution in [0.1, 0.15) is 41.5 Å². The van der Waals surface area contributed by atoms with Gasteiger partial charge in [0, 0.05) is 38.9 Å². The largest absolute Gasteiger partial charge is 0.345 e. The van der Waals surface area contributed by atoms with Crippen LogP contribution < -0.4 is 4.90 Å². The number of thiazole rings is 1. The Hall–Kier alpha value is -2.41. The molecule has 1 saturated heterocycles. The Balaban J connectivity index is 1.48. The molecule has 3 heterocycles. The van der Waals surface area contributed by atoms with Gasteiger partial charge >= 0.3 is 0 Å². The molecule has 1 aromatic carbocycles. The first-order valence-electron chi connectivity index (χ1n) is 9.38. The number of rotatable bonds is 3. The second kappa shape index (κ2) is 6.96. The van der Waals surface area contributed by atoms with Gasteiger partial charge in [-0.2, -0.15) is 5.10 Å². The average Bonchev–Trinajstić information content (AvgIpc) is 3.24. The fourth-order valence-corrected chi connectivity index (χ4v) is 4.54. The van der Waals surface area contributed by atoms with Crippen LogP contribution in [-0.2, 0) is 7.05 Å². The molecule has 0 radical (unpaired) electrons. The topological polar surface area (TPSA) is 54.3 Å². The predicted octanol–water partition coefficient (Wildman–Crippen LogP) is 3.42. The smallest absolute Gasteiger partial charge is 0.274 e. The number of carbonyl (C=O) groups excluding carboxylic acids is 1. The fourth-order valence-electron chi connectivity index (χ4n) is 3.49. The maximum atomic E-state index is 12.7. The summed E-state index contributed by atoms with van der Waals surface area (Å²) in [5.74, 6) is 0.477. The van der Waals surface area contributed by atoms with Crippen molar-refractivity contribution in [3.05, 3.63) is 41.2 Å². The Labute approximate surface area is 163 Å². The summed E-state index contributed by atoms with van der Waals surface area (Å²) in [6.07, 6.45) is 0. The first kappa shape index (κ1) is 18.0. The van der Waals surface area contributed by atoms with Crippen LogP contribution in [0.2, 0.25) is 0 Å². The van der Waals surface area contributed by atoms with Crippen LogP contribution in [0.5, 0.6) is 0 Å². The lowest BCUT2D eigenvalue weighted by Gasteiger charge is -2.34. The molecule has 0 unspecified atom stereocenters. The monoisotopic (exact) mass is 383 g/mol. The van der Waals surface area contributed by atoms with Gasteiger partial charge in [-0.05, 0) is 30.5 Å². The molecule has 4 rings (SSSR count). The van der Waals surface area contributed by atoms with E-state index in [2.05, 4.69) is 42.0 Å². The van der Waals surface area contributed by atoms with Crippen LogP contribution in [0.25, 0.3) is 10.2 Å². The third-order valence-electron chi connectivity index (χ3n) is 5.23. The number of amides is 1. The second-order valence-corrected chi connectivity index (χ2v) is 8.43. The molecule has 0 spiro atoms. The Bertz CT molecular complexity index is 962. The highest BCUT2D eigenvalue weighted by Crippen LogP contribution is 2.33. The number of hydrogen-bond donors (Lipinski definition) is 0. The maximum Gasteiger partial charge on any atom is 0.274 e. The highest BCUT2D eigenvalue weighted by Gasteiger charge is 2.25. The van der Waals surface area contributed by atoms with E-state index in [1.54, 1.807) is 16.0 Å². The van der Waals surface area contributed by atoms with Crippen molar-refractivity contribution in [3.8, 4) is 0 Å². The fraction of sp³-hybridized carbons (Fsp3) is 0.450. The molecule has 142 valence electrons. The van der Waals surface area contributed by atoms with E-state index in [4.69, 9.17) is 4.98 Å². The van der Waals surface area contributed by atoms with Gasteiger partial charge in [-0.1, -0.05) is 37.3 Å². The third-order valence-corrected chi connectivity index (χ3v) is 6.31. The second-order valence-electron chi connectivity index (χ2n) is 7.42. The van der Waals surface area contributed by atoms with Crippen molar-refractivity contribution < 1.29 is 4.79 Å². The van der Waals surface area contributed by atoms with Gasteiger partial charge < -0.3 is 9.80 Å². The van der Waals surface area contributed by atoms with Crippen LogP contribution in [0, 0.1) is 6.92 Å². The number of nitrogens with zero attached hydrogens (tertiary/aromatic N) is 5. The Morgan fingerprint density at radius 2 is 1.93 bits per heavy atom. The summed E-state index contributed by atoms with van der Waals surface area (Å²) < 4.78 is 2.98. The minimum absolute atomic E-state index is 0.0183. The standard InChI is InChI=1S/C20H25N5OS/c1-13(2)15-6-5-7-17-18(15)21-20(27-17)25-10-8-24(9-11-25)19(26)16-12-14(3)23(4)22-16/h5-7,12-13H,8-11H2,1-4H3. The maximum absolute atomic E-state index is 12.7. The van der Waals surface area contributed by atoms with Gasteiger partial charge in [0.1, 0.15) is 0 Å². The van der Waals surface area contributed by atoms with Gasteiger partial charge in [-0.25, -0.2) is 4.98 Å². The number of piperazine rings is 1. The molecule has 1 aliphatic rings. The lowest BCUT2D eigenvalue weighted by atomic mass is 10.0. The summed E-state index contributed by atoms with van der Waals surface area (Å²) in [5.41, 5.74) is 3.95. The summed E-state index contributed by atoms with van der Waals surface area (Å²) in [6, 6.07) is 8.29. The van der Waals surface area contributed by atoms with E-state index in [1.165, 1.54) is 10.3 Å². The first-order chi connectivity index (χ1) is 12.9. The van der Waals surface area contributed by atoms with Gasteiger partial charge in [0.15, 0.2) is 10.8 Å². The van der Waals surface area contributed by atoms with Crippen LogP contribution in [-0.4, -0.2) is 51.8 Å². The lowest BCUT2D eigenvalue weighted by Crippen LogP contribution is -2.48. The molecule has 27 heavy (non-hydrogen) atoms. The van der Waals surface area contributed by atoms with E-state index in [-0.39, 0.29) is 5.91 Å². The molecule has 1 fully saturated rings. The van der Waals surface area contributed by atoms with Gasteiger partial charge in [-0.3, -0.25) is 9.48 Å². The quantitative estimate of drug-likeness (QED) is 0.695. The van der Waals surface area contributed by atoms with Gasteiger partial charge in [0.2, 0.25) is 0 Å². The van der Waals surface area contributed by atoms with E-state index < -0.39 is 0 Å². The molecule has 1 aliphatic heterocycles. The molecular formula is C20H25N5OS. The zero-order valence-electron chi connectivity index (χ0n) is 16.3. The van der Waals surface area contributed by atoms with Crippen molar-refractivity contribution >= 4 is 32.6 Å². The molecule has 0 atom stereocenters. The zero-order valence-corrected chi connectivity index (χ0v) is 17.1. The summed E-state index contributed by atoms with van der Waals surface area (Å²) in [6.45, 7) is 9.36. The first-order valence-corrected chi connectivity index (χ1v) is 10.2. The molecule has 7 heteroatoms. The normalized spacial score (nSPS) is 15.1. The van der Waals surface area contributed by atoms with Crippen molar-refractivity contribution in [1.82, 2.24) is 19.7 Å². The molecule has 0 N–H and O–H groups in total. The number of aromatic nitrogens is 3. The van der Waals surface area contributed by atoms with Crippen molar-refractivity contribution in [2.45, 2.75) is 26.7 Å². The van der Waals surface area contributed by atoms with Gasteiger partial charge in [0.05, 0.1) is 10.2 Å². The molecule has 0 aliphatic carbocycles. The number of hydrogen-bond acceptors (Lipinski definition) is 5. The highest BCUT2D eigenvalue weighted by molar-refractivity contribution is 7.22. The highest BCUT2D eigenvalue weighted by atomic mass is 32.1. The zero-order chi connectivity index (χ0) is 19.1. The summed E-state index contributed by atoms with van der Waals surface area (Å²) in [5, 5.41) is 5.37. The third kappa shape index (κ3) is 3.32. The summed E-state index contributed by atoms with van der Waals surface area (Å²) >= 11 is 1.74. The van der Waals surface area contributed by atoms with Crippen molar-refractivity contribution in [1.29, 1.82) is 0 Å². The summed E-state index contributed by atoms with van der Waals surface area (Å²) in [7, 11) is 1.86. The number of carbonyl (C=O) groups is 1. The van der Waals surface area contributed by atoms with Gasteiger partial charge in [-0.15, -0.1) is 0 Å². The van der Waals surface area contributed by atoms with E-state index in [9.17, 15) is 4.79 Å². The Morgan fingerprint density at radius 1 is 1.19 bits per heavy atom. The SMILES string of the molecule is Cc1cc(C(=O)N2CCN(c3nc4c(C(C)C)cccc4s3)CC2)nn1C. The number of aryl methyl sites for hydroxylation is 2. The van der Waals surface area contributed by atoms with Crippen LogP contribution in [0.15, 0.2) is 24.3 Å². The minimum Gasteiger partial charge on any atom is -0.345 e. The molecule has 2 aromatic heterocycles.